The molecular weight excluding hydrogens is 192 g/mol. The molecule has 80 valence electrons. The molecule has 0 amide bonds. The number of ether oxygens (including phenoxy) is 1. The molecule has 0 spiro atoms. The van der Waals surface area contributed by atoms with Gasteiger partial charge in [0.25, 0.3) is 0 Å². The SMILES string of the molecule is Cc1ccc([C@H]2CC(=O)O[C@@H]2CO)cc1. The number of hydrogen-bond acceptors (Lipinski definition) is 3. The quantitative estimate of drug-likeness (QED) is 0.744. The van der Waals surface area contributed by atoms with E-state index in [1.165, 1.54) is 5.56 Å². The van der Waals surface area contributed by atoms with E-state index < -0.39 is 0 Å². The van der Waals surface area contributed by atoms with Crippen LogP contribution in [0.3, 0.4) is 0 Å². The van der Waals surface area contributed by atoms with Crippen molar-refractivity contribution in [2.75, 3.05) is 6.61 Å². The highest BCUT2D eigenvalue weighted by atomic mass is 16.6. The standard InChI is InChI=1S/C12H14O3/c1-8-2-4-9(5-3-8)10-6-12(14)15-11(10)7-13/h2-5,10-11,13H,6-7H2,1H3/t10-,11-/m1/s1. The van der Waals surface area contributed by atoms with Gasteiger partial charge in [-0.25, -0.2) is 0 Å². The number of carbonyl (C=O) groups excluding carboxylic acids is 1. The van der Waals surface area contributed by atoms with Gasteiger partial charge in [-0.05, 0) is 12.5 Å². The highest BCUT2D eigenvalue weighted by Crippen LogP contribution is 2.31. The average molecular weight is 206 g/mol. The number of rotatable bonds is 2. The number of hydrogen-bond donors (Lipinski definition) is 1. The van der Waals surface area contributed by atoms with Crippen LogP contribution in [-0.4, -0.2) is 23.8 Å². The topological polar surface area (TPSA) is 46.5 Å². The number of esters is 1. The zero-order chi connectivity index (χ0) is 10.8. The van der Waals surface area contributed by atoms with Crippen molar-refractivity contribution in [2.24, 2.45) is 0 Å². The summed E-state index contributed by atoms with van der Waals surface area (Å²) in [6.45, 7) is 1.91. The van der Waals surface area contributed by atoms with Crippen LogP contribution in [0.2, 0.25) is 0 Å². The number of carbonyl (C=O) groups is 1. The lowest BCUT2D eigenvalue weighted by molar-refractivity contribution is -0.142. The predicted molar refractivity (Wildman–Crippen MR) is 55.5 cm³/mol. The maximum atomic E-state index is 11.1. The first-order chi connectivity index (χ1) is 7.20. The Labute approximate surface area is 88.7 Å². The zero-order valence-electron chi connectivity index (χ0n) is 8.64. The summed E-state index contributed by atoms with van der Waals surface area (Å²) in [6.07, 6.45) is -0.00548. The second-order valence-corrected chi connectivity index (χ2v) is 3.93. The molecule has 1 N–H and O–H groups in total. The van der Waals surface area contributed by atoms with Crippen molar-refractivity contribution < 1.29 is 14.6 Å². The lowest BCUT2D eigenvalue weighted by Gasteiger charge is -2.15. The van der Waals surface area contributed by atoms with Crippen LogP contribution in [0.15, 0.2) is 24.3 Å². The van der Waals surface area contributed by atoms with Gasteiger partial charge in [0.05, 0.1) is 13.0 Å². The van der Waals surface area contributed by atoms with Crippen molar-refractivity contribution in [3.63, 3.8) is 0 Å². The Bertz CT molecular complexity index is 356. The number of aryl methyl sites for hydroxylation is 1. The first-order valence-corrected chi connectivity index (χ1v) is 5.07. The molecule has 1 saturated heterocycles. The van der Waals surface area contributed by atoms with Crippen molar-refractivity contribution in [1.29, 1.82) is 0 Å². The first kappa shape index (κ1) is 10.2. The molecule has 1 aliphatic rings. The van der Waals surface area contributed by atoms with Crippen LogP contribution in [-0.2, 0) is 9.53 Å². The molecule has 2 atom stereocenters. The van der Waals surface area contributed by atoms with Crippen LogP contribution in [0.5, 0.6) is 0 Å². The molecule has 0 saturated carbocycles. The van der Waals surface area contributed by atoms with Gasteiger partial charge < -0.3 is 9.84 Å². The van der Waals surface area contributed by atoms with Crippen molar-refractivity contribution >= 4 is 5.97 Å². The highest BCUT2D eigenvalue weighted by Gasteiger charge is 2.35. The zero-order valence-corrected chi connectivity index (χ0v) is 8.64. The average Bonchev–Trinajstić information content (AvgIpc) is 2.61. The maximum Gasteiger partial charge on any atom is 0.306 e. The summed E-state index contributed by atoms with van der Waals surface area (Å²) in [6, 6.07) is 7.99. The molecule has 3 nitrogen and oxygen atoms in total. The molecule has 15 heavy (non-hydrogen) atoms. The molecule has 1 aromatic carbocycles. The van der Waals surface area contributed by atoms with E-state index in [0.29, 0.717) is 6.42 Å². The van der Waals surface area contributed by atoms with Crippen molar-refractivity contribution in [1.82, 2.24) is 0 Å². The Morgan fingerprint density at radius 3 is 2.67 bits per heavy atom. The number of aliphatic hydroxyl groups excluding tert-OH is 1. The first-order valence-electron chi connectivity index (χ1n) is 5.07. The lowest BCUT2D eigenvalue weighted by atomic mass is 9.92. The van der Waals surface area contributed by atoms with Gasteiger partial charge in [0.2, 0.25) is 0 Å². The minimum Gasteiger partial charge on any atom is -0.459 e. The van der Waals surface area contributed by atoms with Crippen LogP contribution in [0.1, 0.15) is 23.5 Å². The van der Waals surface area contributed by atoms with E-state index >= 15 is 0 Å². The van der Waals surface area contributed by atoms with Crippen molar-refractivity contribution in [3.05, 3.63) is 35.4 Å². The van der Waals surface area contributed by atoms with Crippen molar-refractivity contribution in [3.8, 4) is 0 Å². The third-order valence-corrected chi connectivity index (χ3v) is 2.80. The monoisotopic (exact) mass is 206 g/mol. The second kappa shape index (κ2) is 4.03. The molecule has 0 bridgehead atoms. The Morgan fingerprint density at radius 1 is 1.40 bits per heavy atom. The molecule has 0 aliphatic carbocycles. The summed E-state index contributed by atoms with van der Waals surface area (Å²) < 4.78 is 5.02. The van der Waals surface area contributed by atoms with Gasteiger partial charge in [0.15, 0.2) is 0 Å². The van der Waals surface area contributed by atoms with Gasteiger partial charge in [-0.15, -0.1) is 0 Å². The highest BCUT2D eigenvalue weighted by molar-refractivity contribution is 5.73. The predicted octanol–water partition coefficient (Wildman–Crippen LogP) is 1.39. The van der Waals surface area contributed by atoms with Gasteiger partial charge in [0, 0.05) is 5.92 Å². The fraction of sp³-hybridized carbons (Fsp3) is 0.417. The van der Waals surface area contributed by atoms with Gasteiger partial charge in [0.1, 0.15) is 6.10 Å². The molecule has 2 rings (SSSR count). The summed E-state index contributed by atoms with van der Waals surface area (Å²) in [4.78, 5) is 11.1. The van der Waals surface area contributed by atoms with E-state index in [4.69, 9.17) is 9.84 Å². The van der Waals surface area contributed by atoms with Crippen LogP contribution in [0, 0.1) is 6.92 Å². The van der Waals surface area contributed by atoms with E-state index in [1.54, 1.807) is 0 Å². The molecule has 3 heteroatoms. The van der Waals surface area contributed by atoms with Crippen LogP contribution in [0.25, 0.3) is 0 Å². The van der Waals surface area contributed by atoms with Crippen LogP contribution in [0.4, 0.5) is 0 Å². The van der Waals surface area contributed by atoms with E-state index in [1.807, 2.05) is 31.2 Å². The second-order valence-electron chi connectivity index (χ2n) is 3.93. The number of cyclic esters (lactones) is 1. The lowest BCUT2D eigenvalue weighted by Crippen LogP contribution is -2.18. The molecule has 0 unspecified atom stereocenters. The summed E-state index contributed by atoms with van der Waals surface area (Å²) >= 11 is 0. The maximum absolute atomic E-state index is 11.1. The molecule has 1 aromatic rings. The van der Waals surface area contributed by atoms with E-state index in [2.05, 4.69) is 0 Å². The number of aliphatic hydroxyl groups is 1. The van der Waals surface area contributed by atoms with Crippen molar-refractivity contribution in [2.45, 2.75) is 25.4 Å². The largest absolute Gasteiger partial charge is 0.459 e. The van der Waals surface area contributed by atoms with Crippen LogP contribution >= 0.6 is 0 Å². The van der Waals surface area contributed by atoms with E-state index in [-0.39, 0.29) is 24.6 Å². The molecule has 1 heterocycles. The molecule has 0 aromatic heterocycles. The minimum absolute atomic E-state index is 0.00287. The van der Waals surface area contributed by atoms with Crippen LogP contribution < -0.4 is 0 Å². The normalized spacial score (nSPS) is 25.3. The molecule has 1 fully saturated rings. The summed E-state index contributed by atoms with van der Waals surface area (Å²) in [7, 11) is 0. The fourth-order valence-electron chi connectivity index (χ4n) is 1.92. The van der Waals surface area contributed by atoms with E-state index in [9.17, 15) is 4.79 Å². The third kappa shape index (κ3) is 2.02. The summed E-state index contributed by atoms with van der Waals surface area (Å²) in [5, 5.41) is 9.09. The van der Waals surface area contributed by atoms with Gasteiger partial charge in [-0.2, -0.15) is 0 Å². The third-order valence-electron chi connectivity index (χ3n) is 2.80. The Kier molecular flexibility index (Phi) is 2.73. The Balaban J connectivity index is 2.22. The molecular formula is C12H14O3. The van der Waals surface area contributed by atoms with Gasteiger partial charge >= 0.3 is 5.97 Å². The summed E-state index contributed by atoms with van der Waals surface area (Å²) in [5.41, 5.74) is 2.25. The molecule has 1 aliphatic heterocycles. The Hall–Kier alpha value is -1.35. The minimum atomic E-state index is -0.375. The van der Waals surface area contributed by atoms with Gasteiger partial charge in [-0.3, -0.25) is 4.79 Å². The smallest absolute Gasteiger partial charge is 0.306 e. The van der Waals surface area contributed by atoms with Gasteiger partial charge in [-0.1, -0.05) is 29.8 Å². The fourth-order valence-corrected chi connectivity index (χ4v) is 1.92. The summed E-state index contributed by atoms with van der Waals surface area (Å²) in [5.74, 6) is -0.220. The molecule has 0 radical (unpaired) electrons. The number of benzene rings is 1. The Morgan fingerprint density at radius 2 is 2.07 bits per heavy atom. The van der Waals surface area contributed by atoms with E-state index in [0.717, 1.165) is 5.56 Å².